The van der Waals surface area contributed by atoms with Crippen molar-refractivity contribution in [3.8, 4) is 51.4 Å². The van der Waals surface area contributed by atoms with Crippen molar-refractivity contribution in [3.05, 3.63) is 58.5 Å². The minimum absolute atomic E-state index is 0.0476. The quantitative estimate of drug-likeness (QED) is 0.340. The summed E-state index contributed by atoms with van der Waals surface area (Å²) in [6.07, 6.45) is -3.52. The summed E-state index contributed by atoms with van der Waals surface area (Å²) in [5.74, 6) is 0.737. The van der Waals surface area contributed by atoms with Crippen LogP contribution in [0.2, 0.25) is 0 Å². The Bertz CT molecular complexity index is 1440. The molecule has 10 heteroatoms. The van der Waals surface area contributed by atoms with Gasteiger partial charge in [-0.25, -0.2) is 4.98 Å². The average molecular weight is 513 g/mol. The highest BCUT2D eigenvalue weighted by atomic mass is 79.9. The molecule has 0 aliphatic carbocycles. The number of oxazole rings is 1. The van der Waals surface area contributed by atoms with Crippen LogP contribution in [-0.2, 0) is 13.5 Å². The third-order valence-corrected chi connectivity index (χ3v) is 5.59. The molecule has 166 valence electrons. The molecule has 0 N–H and O–H groups in total. The summed E-state index contributed by atoms with van der Waals surface area (Å²) in [6.45, 7) is 1.71. The van der Waals surface area contributed by atoms with E-state index < -0.39 is 6.29 Å². The molecule has 1 aliphatic rings. The first kappa shape index (κ1) is 21.2. The normalized spacial score (nSPS) is 13.8. The number of fused-ring (bicyclic) bond motifs is 1. The van der Waals surface area contributed by atoms with Gasteiger partial charge in [-0.1, -0.05) is 22.0 Å². The first-order valence-electron chi connectivity index (χ1n) is 9.82. The lowest BCUT2D eigenvalue weighted by atomic mass is 9.98. The summed E-state index contributed by atoms with van der Waals surface area (Å²) in [5.41, 5.74) is 3.95. The van der Waals surface area contributed by atoms with E-state index in [-0.39, 0.29) is 17.9 Å². The van der Waals surface area contributed by atoms with E-state index in [0.717, 1.165) is 21.3 Å². The molecule has 2 aromatic heterocycles. The number of hydrogen-bond acceptors (Lipinski definition) is 6. The number of nitrogens with zero attached hydrogens (tertiary/aromatic N) is 4. The predicted octanol–water partition coefficient (Wildman–Crippen LogP) is 5.87. The SMILES string of the molecule is Cc1nc(-c2ccc3c(c2)OC(F)(F)O3)c(-c2cc(Br)ccc2-c2cc(CC#N)nn2C)o1. The van der Waals surface area contributed by atoms with Crippen LogP contribution in [0.15, 0.2) is 51.4 Å². The molecular weight excluding hydrogens is 498 g/mol. The van der Waals surface area contributed by atoms with Gasteiger partial charge in [-0.2, -0.15) is 10.4 Å². The van der Waals surface area contributed by atoms with Gasteiger partial charge >= 0.3 is 6.29 Å². The van der Waals surface area contributed by atoms with E-state index in [1.165, 1.54) is 12.1 Å². The van der Waals surface area contributed by atoms with Crippen molar-refractivity contribution in [2.75, 3.05) is 0 Å². The van der Waals surface area contributed by atoms with Crippen LogP contribution in [-0.4, -0.2) is 21.1 Å². The standard InChI is InChI=1S/C23H15BrF2N4O3/c1-12-28-21(13-3-6-19-20(9-13)33-23(25,26)32-19)22(31-12)17-10-14(24)4-5-16(17)18-11-15(7-8-27)29-30(18)2/h3-6,9-11H,7H2,1-2H3. The third-order valence-electron chi connectivity index (χ3n) is 5.10. The monoisotopic (exact) mass is 512 g/mol. The van der Waals surface area contributed by atoms with Crippen molar-refractivity contribution >= 4 is 15.9 Å². The molecule has 0 amide bonds. The van der Waals surface area contributed by atoms with E-state index in [1.54, 1.807) is 24.7 Å². The Balaban J connectivity index is 1.66. The van der Waals surface area contributed by atoms with E-state index >= 15 is 0 Å². The average Bonchev–Trinajstić information content (AvgIpc) is 3.40. The first-order chi connectivity index (χ1) is 15.7. The van der Waals surface area contributed by atoms with E-state index in [1.807, 2.05) is 24.3 Å². The zero-order chi connectivity index (χ0) is 23.3. The summed E-state index contributed by atoms with van der Waals surface area (Å²) in [5, 5.41) is 13.4. The summed E-state index contributed by atoms with van der Waals surface area (Å²) in [4.78, 5) is 4.51. The van der Waals surface area contributed by atoms with Gasteiger partial charge in [-0.05, 0) is 36.4 Å². The Labute approximate surface area is 195 Å². The van der Waals surface area contributed by atoms with Crippen LogP contribution in [0.25, 0.3) is 33.8 Å². The van der Waals surface area contributed by atoms with Crippen LogP contribution in [0.1, 0.15) is 11.6 Å². The highest BCUT2D eigenvalue weighted by molar-refractivity contribution is 9.10. The zero-order valence-corrected chi connectivity index (χ0v) is 19.0. The highest BCUT2D eigenvalue weighted by Gasteiger charge is 2.43. The van der Waals surface area contributed by atoms with Crippen molar-refractivity contribution in [1.82, 2.24) is 14.8 Å². The smallest absolute Gasteiger partial charge is 0.440 e. The molecule has 0 fully saturated rings. The van der Waals surface area contributed by atoms with Crippen LogP contribution in [0.4, 0.5) is 8.78 Å². The fourth-order valence-corrected chi connectivity index (χ4v) is 4.14. The van der Waals surface area contributed by atoms with E-state index in [9.17, 15) is 8.78 Å². The van der Waals surface area contributed by atoms with Gasteiger partial charge in [-0.15, -0.1) is 8.78 Å². The number of aromatic nitrogens is 3. The minimum atomic E-state index is -3.71. The zero-order valence-electron chi connectivity index (χ0n) is 17.4. The number of halogens is 3. The van der Waals surface area contributed by atoms with E-state index in [4.69, 9.17) is 9.68 Å². The molecule has 0 atom stereocenters. The lowest BCUT2D eigenvalue weighted by Gasteiger charge is -2.10. The highest BCUT2D eigenvalue weighted by Crippen LogP contribution is 2.45. The maximum Gasteiger partial charge on any atom is 0.586 e. The molecule has 3 heterocycles. The lowest BCUT2D eigenvalue weighted by molar-refractivity contribution is -0.286. The number of benzene rings is 2. The van der Waals surface area contributed by atoms with Crippen molar-refractivity contribution < 1.29 is 22.7 Å². The fraction of sp³-hybridized carbons (Fsp3) is 0.174. The Morgan fingerprint density at radius 2 is 1.88 bits per heavy atom. The second-order valence-electron chi connectivity index (χ2n) is 7.41. The Morgan fingerprint density at radius 1 is 1.09 bits per heavy atom. The maximum absolute atomic E-state index is 13.5. The molecule has 4 aromatic rings. The fourth-order valence-electron chi connectivity index (χ4n) is 3.78. The molecule has 0 saturated heterocycles. The first-order valence-corrected chi connectivity index (χ1v) is 10.6. The van der Waals surface area contributed by atoms with Crippen LogP contribution in [0.3, 0.4) is 0 Å². The third kappa shape index (κ3) is 3.85. The van der Waals surface area contributed by atoms with Crippen LogP contribution in [0.5, 0.6) is 11.5 Å². The second kappa shape index (κ2) is 7.71. The van der Waals surface area contributed by atoms with E-state index in [2.05, 4.69) is 41.6 Å². The number of aryl methyl sites for hydroxylation is 2. The number of nitriles is 1. The molecule has 5 rings (SSSR count). The summed E-state index contributed by atoms with van der Waals surface area (Å²) in [7, 11) is 1.80. The number of alkyl halides is 2. The number of ether oxygens (including phenoxy) is 2. The van der Waals surface area contributed by atoms with Crippen molar-refractivity contribution in [2.45, 2.75) is 19.6 Å². The Morgan fingerprint density at radius 3 is 2.67 bits per heavy atom. The van der Waals surface area contributed by atoms with E-state index in [0.29, 0.717) is 28.6 Å². The molecule has 0 saturated carbocycles. The van der Waals surface area contributed by atoms with Gasteiger partial charge < -0.3 is 13.9 Å². The summed E-state index contributed by atoms with van der Waals surface area (Å²) >= 11 is 3.51. The van der Waals surface area contributed by atoms with Crippen molar-refractivity contribution in [3.63, 3.8) is 0 Å². The van der Waals surface area contributed by atoms with Gasteiger partial charge in [0.05, 0.1) is 23.9 Å². The summed E-state index contributed by atoms with van der Waals surface area (Å²) in [6, 6.07) is 14.1. The molecule has 0 unspecified atom stereocenters. The topological polar surface area (TPSA) is 86.1 Å². The van der Waals surface area contributed by atoms with Gasteiger partial charge in [0.25, 0.3) is 0 Å². The van der Waals surface area contributed by atoms with Crippen molar-refractivity contribution in [2.24, 2.45) is 7.05 Å². The van der Waals surface area contributed by atoms with Gasteiger partial charge in [0.2, 0.25) is 0 Å². The van der Waals surface area contributed by atoms with Gasteiger partial charge in [0.15, 0.2) is 23.1 Å². The molecule has 2 aromatic carbocycles. The molecular formula is C23H15BrF2N4O3. The largest absolute Gasteiger partial charge is 0.586 e. The molecule has 33 heavy (non-hydrogen) atoms. The molecule has 0 radical (unpaired) electrons. The molecule has 0 spiro atoms. The molecule has 7 nitrogen and oxygen atoms in total. The lowest BCUT2D eigenvalue weighted by Crippen LogP contribution is -2.25. The van der Waals surface area contributed by atoms with Crippen molar-refractivity contribution in [1.29, 1.82) is 5.26 Å². The Kier molecular flexibility index (Phi) is 4.94. The Hall–Kier alpha value is -3.71. The molecule has 0 bridgehead atoms. The minimum Gasteiger partial charge on any atom is -0.440 e. The van der Waals surface area contributed by atoms with Gasteiger partial charge in [0, 0.05) is 35.1 Å². The van der Waals surface area contributed by atoms with Crippen LogP contribution in [0, 0.1) is 18.3 Å². The molecule has 1 aliphatic heterocycles. The number of hydrogen-bond donors (Lipinski definition) is 0. The second-order valence-corrected chi connectivity index (χ2v) is 8.32. The van der Waals surface area contributed by atoms with Crippen LogP contribution >= 0.6 is 15.9 Å². The summed E-state index contributed by atoms with van der Waals surface area (Å²) < 4.78 is 44.6. The predicted molar refractivity (Wildman–Crippen MR) is 118 cm³/mol. The number of rotatable bonds is 4. The maximum atomic E-state index is 13.5. The van der Waals surface area contributed by atoms with Crippen LogP contribution < -0.4 is 9.47 Å². The van der Waals surface area contributed by atoms with Gasteiger partial charge in [0.1, 0.15) is 5.69 Å². The van der Waals surface area contributed by atoms with Gasteiger partial charge in [-0.3, -0.25) is 4.68 Å².